The van der Waals surface area contributed by atoms with Crippen LogP contribution < -0.4 is 0 Å². The summed E-state index contributed by atoms with van der Waals surface area (Å²) in [5, 5.41) is 0. The molecule has 0 N–H and O–H groups in total. The largest absolute Gasteiger partial charge is 0.501 e. The molecular formula is C24H27ClO3Si. The zero-order valence-electron chi connectivity index (χ0n) is 16.5. The standard InChI is InChI=1S/C24H27ClO3Si/c25-17-10-18-29(26-19-22-11-4-1-5-12-22,27-20-23-13-6-2-7-14-23)28-21-24-15-8-3-9-16-24/h1-9,11-16H,10,17-21H2. The van der Waals surface area contributed by atoms with Crippen molar-refractivity contribution in [3.63, 3.8) is 0 Å². The summed E-state index contributed by atoms with van der Waals surface area (Å²) in [7, 11) is -2.95. The van der Waals surface area contributed by atoms with Gasteiger partial charge in [0.05, 0.1) is 19.8 Å². The van der Waals surface area contributed by atoms with Crippen LogP contribution >= 0.6 is 11.6 Å². The molecular weight excluding hydrogens is 400 g/mol. The minimum atomic E-state index is -2.95. The Morgan fingerprint density at radius 1 is 0.552 bits per heavy atom. The van der Waals surface area contributed by atoms with E-state index in [2.05, 4.69) is 36.4 Å². The molecule has 0 saturated carbocycles. The van der Waals surface area contributed by atoms with Crippen LogP contribution in [0.25, 0.3) is 0 Å². The molecule has 0 heterocycles. The minimum Gasteiger partial charge on any atom is -0.369 e. The zero-order valence-corrected chi connectivity index (χ0v) is 18.3. The van der Waals surface area contributed by atoms with Gasteiger partial charge in [-0.05, 0) is 23.1 Å². The first-order valence-electron chi connectivity index (χ1n) is 9.89. The molecule has 0 atom stereocenters. The van der Waals surface area contributed by atoms with Gasteiger partial charge >= 0.3 is 8.80 Å². The van der Waals surface area contributed by atoms with E-state index in [0.29, 0.717) is 31.7 Å². The van der Waals surface area contributed by atoms with Gasteiger partial charge in [-0.2, -0.15) is 0 Å². The van der Waals surface area contributed by atoms with Crippen LogP contribution in [-0.4, -0.2) is 14.7 Å². The van der Waals surface area contributed by atoms with Gasteiger partial charge in [-0.1, -0.05) is 91.0 Å². The van der Waals surface area contributed by atoms with Crippen LogP contribution in [0.5, 0.6) is 0 Å². The Bertz CT molecular complexity index is 709. The molecule has 0 bridgehead atoms. The molecule has 0 fully saturated rings. The Labute approximate surface area is 179 Å². The monoisotopic (exact) mass is 426 g/mol. The molecule has 0 aliphatic carbocycles. The van der Waals surface area contributed by atoms with Crippen molar-refractivity contribution in [1.29, 1.82) is 0 Å². The summed E-state index contributed by atoms with van der Waals surface area (Å²) in [6.07, 6.45) is 0.784. The molecule has 0 aliphatic heterocycles. The first kappa shape index (κ1) is 21.7. The van der Waals surface area contributed by atoms with Crippen molar-refractivity contribution < 1.29 is 13.3 Å². The maximum absolute atomic E-state index is 6.40. The highest BCUT2D eigenvalue weighted by molar-refractivity contribution is 6.60. The average molecular weight is 427 g/mol. The predicted molar refractivity (Wildman–Crippen MR) is 120 cm³/mol. The van der Waals surface area contributed by atoms with Crippen molar-refractivity contribution >= 4 is 20.4 Å². The van der Waals surface area contributed by atoms with Gasteiger partial charge < -0.3 is 13.3 Å². The molecule has 5 heteroatoms. The van der Waals surface area contributed by atoms with E-state index in [9.17, 15) is 0 Å². The van der Waals surface area contributed by atoms with Gasteiger partial charge in [0.2, 0.25) is 0 Å². The topological polar surface area (TPSA) is 27.7 Å². The second-order valence-corrected chi connectivity index (χ2v) is 9.91. The van der Waals surface area contributed by atoms with Gasteiger partial charge in [0.1, 0.15) is 0 Å². The van der Waals surface area contributed by atoms with Crippen LogP contribution in [0.4, 0.5) is 0 Å². The highest BCUT2D eigenvalue weighted by Crippen LogP contribution is 2.24. The molecule has 152 valence electrons. The van der Waals surface area contributed by atoms with E-state index in [1.54, 1.807) is 0 Å². The second kappa shape index (κ2) is 11.9. The Hall–Kier alpha value is -1.95. The maximum Gasteiger partial charge on any atom is 0.501 e. The van der Waals surface area contributed by atoms with E-state index < -0.39 is 8.80 Å². The zero-order chi connectivity index (χ0) is 20.2. The van der Waals surface area contributed by atoms with Crippen molar-refractivity contribution in [1.82, 2.24) is 0 Å². The first-order chi connectivity index (χ1) is 14.3. The third-order valence-corrected chi connectivity index (χ3v) is 7.51. The average Bonchev–Trinajstić information content (AvgIpc) is 2.80. The SMILES string of the molecule is ClCCC[Si](OCc1ccccc1)(OCc1ccccc1)OCc1ccccc1. The van der Waals surface area contributed by atoms with E-state index in [1.807, 2.05) is 54.6 Å². The van der Waals surface area contributed by atoms with E-state index in [-0.39, 0.29) is 0 Å². The van der Waals surface area contributed by atoms with Crippen molar-refractivity contribution in [3.05, 3.63) is 108 Å². The minimum absolute atomic E-state index is 0.457. The molecule has 0 aliphatic rings. The third-order valence-electron chi connectivity index (χ3n) is 4.52. The van der Waals surface area contributed by atoms with Gasteiger partial charge in [0.25, 0.3) is 0 Å². The van der Waals surface area contributed by atoms with Gasteiger partial charge in [-0.15, -0.1) is 11.6 Å². The number of benzene rings is 3. The van der Waals surface area contributed by atoms with Crippen LogP contribution in [-0.2, 0) is 33.1 Å². The van der Waals surface area contributed by atoms with E-state index in [0.717, 1.165) is 23.1 Å². The molecule has 29 heavy (non-hydrogen) atoms. The van der Waals surface area contributed by atoms with Crippen LogP contribution in [0.2, 0.25) is 6.04 Å². The van der Waals surface area contributed by atoms with Crippen LogP contribution in [0, 0.1) is 0 Å². The number of hydrogen-bond donors (Lipinski definition) is 0. The Morgan fingerprint density at radius 3 is 1.21 bits per heavy atom. The summed E-state index contributed by atoms with van der Waals surface area (Å²) in [5.74, 6) is 0.548. The van der Waals surface area contributed by atoms with Crippen LogP contribution in [0.15, 0.2) is 91.0 Å². The lowest BCUT2D eigenvalue weighted by molar-refractivity contribution is 0.0426. The summed E-state index contributed by atoms with van der Waals surface area (Å²) in [5.41, 5.74) is 3.30. The van der Waals surface area contributed by atoms with Gasteiger partial charge in [0.15, 0.2) is 0 Å². The maximum atomic E-state index is 6.40. The molecule has 0 unspecified atom stereocenters. The summed E-state index contributed by atoms with van der Waals surface area (Å²) in [6.45, 7) is 1.37. The number of rotatable bonds is 12. The third kappa shape index (κ3) is 7.42. The summed E-state index contributed by atoms with van der Waals surface area (Å²) < 4.78 is 19.2. The van der Waals surface area contributed by atoms with Crippen LogP contribution in [0.1, 0.15) is 23.1 Å². The molecule has 0 aromatic heterocycles. The van der Waals surface area contributed by atoms with Crippen molar-refractivity contribution in [2.75, 3.05) is 5.88 Å². The van der Waals surface area contributed by atoms with Crippen molar-refractivity contribution in [2.45, 2.75) is 32.3 Å². The Kier molecular flexibility index (Phi) is 8.93. The van der Waals surface area contributed by atoms with Crippen molar-refractivity contribution in [2.24, 2.45) is 0 Å². The fourth-order valence-electron chi connectivity index (χ4n) is 2.93. The molecule has 0 spiro atoms. The molecule has 0 amide bonds. The van der Waals surface area contributed by atoms with E-state index >= 15 is 0 Å². The number of alkyl halides is 1. The van der Waals surface area contributed by atoms with Crippen molar-refractivity contribution in [3.8, 4) is 0 Å². The molecule has 0 saturated heterocycles. The highest BCUT2D eigenvalue weighted by Gasteiger charge is 2.41. The second-order valence-electron chi connectivity index (χ2n) is 6.80. The summed E-state index contributed by atoms with van der Waals surface area (Å²) in [6, 6.07) is 31.0. The fourth-order valence-corrected chi connectivity index (χ4v) is 5.74. The number of halogens is 1. The lowest BCUT2D eigenvalue weighted by atomic mass is 10.2. The molecule has 3 aromatic carbocycles. The Morgan fingerprint density at radius 2 is 0.897 bits per heavy atom. The smallest absolute Gasteiger partial charge is 0.369 e. The van der Waals surface area contributed by atoms with E-state index in [4.69, 9.17) is 24.9 Å². The van der Waals surface area contributed by atoms with Crippen LogP contribution in [0.3, 0.4) is 0 Å². The van der Waals surface area contributed by atoms with Gasteiger partial charge in [-0.3, -0.25) is 0 Å². The molecule has 3 aromatic rings. The predicted octanol–water partition coefficient (Wildman–Crippen LogP) is 6.20. The number of hydrogen-bond acceptors (Lipinski definition) is 3. The summed E-state index contributed by atoms with van der Waals surface area (Å²) in [4.78, 5) is 0. The summed E-state index contributed by atoms with van der Waals surface area (Å²) >= 11 is 6.01. The van der Waals surface area contributed by atoms with Gasteiger partial charge in [-0.25, -0.2) is 0 Å². The van der Waals surface area contributed by atoms with Gasteiger partial charge in [0, 0.05) is 11.9 Å². The first-order valence-corrected chi connectivity index (χ1v) is 12.4. The molecule has 3 rings (SSSR count). The fraction of sp³-hybridized carbons (Fsp3) is 0.250. The normalized spacial score (nSPS) is 11.5. The highest BCUT2D eigenvalue weighted by atomic mass is 35.5. The Balaban J connectivity index is 1.75. The lowest BCUT2D eigenvalue weighted by Crippen LogP contribution is -2.45. The lowest BCUT2D eigenvalue weighted by Gasteiger charge is -2.30. The molecule has 0 radical (unpaired) electrons. The molecule has 3 nitrogen and oxygen atoms in total. The quantitative estimate of drug-likeness (QED) is 0.254. The van der Waals surface area contributed by atoms with E-state index in [1.165, 1.54) is 0 Å².